The number of rotatable bonds is 3. The van der Waals surface area contributed by atoms with Crippen molar-refractivity contribution in [2.24, 2.45) is 0 Å². The Morgan fingerprint density at radius 3 is 2.42 bits per heavy atom. The molecule has 0 saturated carbocycles. The van der Waals surface area contributed by atoms with E-state index in [1.807, 2.05) is 12.1 Å². The number of nitrogen functional groups attached to an aromatic ring is 1. The number of anilines is 1. The van der Waals surface area contributed by atoms with Gasteiger partial charge in [-0.2, -0.15) is 4.89 Å². The number of hydrogen-bond acceptors (Lipinski definition) is 2. The minimum absolute atomic E-state index is 0.319. The van der Waals surface area contributed by atoms with Crippen LogP contribution in [-0.2, 0) is 11.0 Å². The van der Waals surface area contributed by atoms with Gasteiger partial charge in [-0.3, -0.25) is 0 Å². The van der Waals surface area contributed by atoms with E-state index < -0.39 is 8.03 Å². The van der Waals surface area contributed by atoms with Crippen molar-refractivity contribution in [1.29, 1.82) is 0 Å². The van der Waals surface area contributed by atoms with Crippen molar-refractivity contribution in [2.75, 3.05) is 11.9 Å². The van der Waals surface area contributed by atoms with Crippen LogP contribution in [0.25, 0.3) is 0 Å². The van der Waals surface area contributed by atoms with Crippen LogP contribution < -0.4 is 5.73 Å². The monoisotopic (exact) mass is 184 g/mol. The predicted octanol–water partition coefficient (Wildman–Crippen LogP) is 1.55. The van der Waals surface area contributed by atoms with Crippen molar-refractivity contribution < 1.29 is 9.46 Å². The fourth-order valence-electron chi connectivity index (χ4n) is 0.909. The molecule has 0 spiro atoms. The molecule has 0 fully saturated rings. The van der Waals surface area contributed by atoms with Gasteiger partial charge in [-0.25, -0.2) is 0 Å². The second kappa shape index (κ2) is 4.19. The van der Waals surface area contributed by atoms with Gasteiger partial charge in [-0.1, -0.05) is 12.1 Å². The molecule has 1 rings (SSSR count). The van der Waals surface area contributed by atoms with E-state index in [0.29, 0.717) is 18.3 Å². The van der Waals surface area contributed by atoms with Gasteiger partial charge in [0, 0.05) is 12.1 Å². The number of nitrogens with two attached hydrogens (primary N) is 1. The molecular weight excluding hydrogens is 173 g/mol. The summed E-state index contributed by atoms with van der Waals surface area (Å²) in [6.07, 6.45) is 0.950. The van der Waals surface area contributed by atoms with Crippen molar-refractivity contribution >= 4 is 13.7 Å². The van der Waals surface area contributed by atoms with Gasteiger partial charge in [0.2, 0.25) is 0 Å². The molecule has 1 aromatic carbocycles. The molecular formula is C8H11NO2P+. The number of hydrogen-bond donors (Lipinski definition) is 2. The second-order valence-corrected chi connectivity index (χ2v) is 3.72. The van der Waals surface area contributed by atoms with Gasteiger partial charge >= 0.3 is 8.03 Å². The molecule has 1 atom stereocenters. The summed E-state index contributed by atoms with van der Waals surface area (Å²) in [5, 5.41) is 0. The lowest BCUT2D eigenvalue weighted by molar-refractivity contribution is 0.502. The van der Waals surface area contributed by atoms with Gasteiger partial charge in [0.15, 0.2) is 6.16 Å². The first-order valence-corrected chi connectivity index (χ1v) is 5.06. The smallest absolute Gasteiger partial charge is 0.399 e. The highest BCUT2D eigenvalue weighted by Crippen LogP contribution is 2.15. The van der Waals surface area contributed by atoms with Crippen molar-refractivity contribution in [2.45, 2.75) is 6.42 Å². The summed E-state index contributed by atoms with van der Waals surface area (Å²) in [5.74, 6) is 0. The molecule has 0 aliphatic heterocycles. The van der Waals surface area contributed by atoms with Crippen molar-refractivity contribution in [3.63, 3.8) is 0 Å². The SMILES string of the molecule is Nc1ccc(CC[P+](=O)O)cc1. The molecule has 0 aliphatic carbocycles. The molecule has 0 heterocycles. The van der Waals surface area contributed by atoms with E-state index in [2.05, 4.69) is 0 Å². The molecule has 0 aliphatic rings. The van der Waals surface area contributed by atoms with E-state index in [1.165, 1.54) is 0 Å². The van der Waals surface area contributed by atoms with Crippen molar-refractivity contribution in [3.8, 4) is 0 Å². The maximum atomic E-state index is 10.4. The van der Waals surface area contributed by atoms with Gasteiger partial charge in [-0.15, -0.1) is 0 Å². The normalized spacial score (nSPS) is 11.2. The van der Waals surface area contributed by atoms with E-state index >= 15 is 0 Å². The Morgan fingerprint density at radius 2 is 1.92 bits per heavy atom. The molecule has 4 heteroatoms. The Hall–Kier alpha value is -0.920. The Balaban J connectivity index is 2.53. The van der Waals surface area contributed by atoms with Crippen LogP contribution in [0.1, 0.15) is 5.56 Å². The molecule has 0 bridgehead atoms. The molecule has 3 nitrogen and oxygen atoms in total. The summed E-state index contributed by atoms with van der Waals surface area (Å²) < 4.78 is 10.4. The molecule has 0 radical (unpaired) electrons. The van der Waals surface area contributed by atoms with Crippen LogP contribution in [0.5, 0.6) is 0 Å². The molecule has 0 saturated heterocycles. The topological polar surface area (TPSA) is 63.3 Å². The summed E-state index contributed by atoms with van der Waals surface area (Å²) in [7, 11) is -2.01. The van der Waals surface area contributed by atoms with Crippen LogP contribution in [0.3, 0.4) is 0 Å². The average molecular weight is 184 g/mol. The van der Waals surface area contributed by atoms with E-state index in [0.717, 1.165) is 5.56 Å². The number of benzene rings is 1. The van der Waals surface area contributed by atoms with Gasteiger partial charge < -0.3 is 5.73 Å². The van der Waals surface area contributed by atoms with Gasteiger partial charge in [0.25, 0.3) is 0 Å². The zero-order chi connectivity index (χ0) is 8.97. The van der Waals surface area contributed by atoms with Crippen LogP contribution in [-0.4, -0.2) is 11.1 Å². The van der Waals surface area contributed by atoms with Gasteiger partial charge in [-0.05, 0) is 22.3 Å². The van der Waals surface area contributed by atoms with Gasteiger partial charge in [0.1, 0.15) is 0 Å². The zero-order valence-corrected chi connectivity index (χ0v) is 7.50. The van der Waals surface area contributed by atoms with Crippen molar-refractivity contribution in [1.82, 2.24) is 0 Å². The van der Waals surface area contributed by atoms with E-state index in [4.69, 9.17) is 10.6 Å². The van der Waals surface area contributed by atoms with Crippen LogP contribution in [0.2, 0.25) is 0 Å². The Kier molecular flexibility index (Phi) is 3.20. The molecule has 3 N–H and O–H groups in total. The fraction of sp³-hybridized carbons (Fsp3) is 0.250. The third-order valence-electron chi connectivity index (χ3n) is 1.57. The van der Waals surface area contributed by atoms with Crippen LogP contribution >= 0.6 is 8.03 Å². The average Bonchev–Trinajstić information content (AvgIpc) is 2.03. The summed E-state index contributed by atoms with van der Waals surface area (Å²) in [5.41, 5.74) is 7.23. The first kappa shape index (κ1) is 9.17. The lowest BCUT2D eigenvalue weighted by atomic mass is 10.2. The van der Waals surface area contributed by atoms with Crippen LogP contribution in [0.4, 0.5) is 5.69 Å². The highest BCUT2D eigenvalue weighted by molar-refractivity contribution is 7.37. The maximum Gasteiger partial charge on any atom is 0.505 e. The lowest BCUT2D eigenvalue weighted by Gasteiger charge is -1.95. The predicted molar refractivity (Wildman–Crippen MR) is 49.3 cm³/mol. The highest BCUT2D eigenvalue weighted by atomic mass is 31.1. The first-order chi connectivity index (χ1) is 5.68. The minimum Gasteiger partial charge on any atom is -0.399 e. The standard InChI is InChI=1S/C8H10NO2P/c9-8-3-1-7(2-4-8)5-6-12(10)11/h1-4H,5-6,9H2/p+1. The minimum atomic E-state index is -2.01. The van der Waals surface area contributed by atoms with Crippen LogP contribution in [0, 0.1) is 0 Å². The van der Waals surface area contributed by atoms with E-state index in [9.17, 15) is 4.57 Å². The van der Waals surface area contributed by atoms with Crippen molar-refractivity contribution in [3.05, 3.63) is 29.8 Å². The summed E-state index contributed by atoms with van der Waals surface area (Å²) in [6, 6.07) is 7.32. The fourth-order valence-corrected chi connectivity index (χ4v) is 1.36. The Labute approximate surface area is 72.1 Å². The van der Waals surface area contributed by atoms with Crippen LogP contribution in [0.15, 0.2) is 24.3 Å². The maximum absolute atomic E-state index is 10.4. The summed E-state index contributed by atoms with van der Waals surface area (Å²) >= 11 is 0. The van der Waals surface area contributed by atoms with E-state index in [1.54, 1.807) is 12.1 Å². The molecule has 1 aromatic rings. The Bertz CT molecular complexity index is 271. The third kappa shape index (κ3) is 2.99. The molecule has 64 valence electrons. The third-order valence-corrected chi connectivity index (χ3v) is 2.18. The molecule has 0 aromatic heterocycles. The first-order valence-electron chi connectivity index (χ1n) is 3.66. The van der Waals surface area contributed by atoms with E-state index in [-0.39, 0.29) is 0 Å². The summed E-state index contributed by atoms with van der Waals surface area (Å²) in [6.45, 7) is 0. The van der Waals surface area contributed by atoms with Gasteiger partial charge in [0.05, 0.1) is 0 Å². The highest BCUT2D eigenvalue weighted by Gasteiger charge is 2.08. The second-order valence-electron chi connectivity index (χ2n) is 2.57. The zero-order valence-electron chi connectivity index (χ0n) is 6.60. The number of aryl methyl sites for hydroxylation is 1. The Morgan fingerprint density at radius 1 is 1.33 bits per heavy atom. The molecule has 1 unspecified atom stereocenters. The quantitative estimate of drug-likeness (QED) is 0.553. The largest absolute Gasteiger partial charge is 0.505 e. The molecule has 0 amide bonds. The summed E-state index contributed by atoms with van der Waals surface area (Å²) in [4.78, 5) is 8.55. The molecule has 12 heavy (non-hydrogen) atoms. The lowest BCUT2D eigenvalue weighted by Crippen LogP contribution is -1.89.